The van der Waals surface area contributed by atoms with Crippen LogP contribution >= 0.6 is 11.8 Å². The fraction of sp³-hybridized carbons (Fsp3) is 0.208. The first kappa shape index (κ1) is 21.5. The summed E-state index contributed by atoms with van der Waals surface area (Å²) in [6.07, 6.45) is 0. The predicted octanol–water partition coefficient (Wildman–Crippen LogP) is 5.04. The molecule has 0 bridgehead atoms. The average Bonchev–Trinajstić information content (AvgIpc) is 2.71. The molecule has 0 saturated heterocycles. The van der Waals surface area contributed by atoms with Crippen LogP contribution in [0.4, 0.5) is 4.39 Å². The molecule has 0 aliphatic carbocycles. The van der Waals surface area contributed by atoms with Gasteiger partial charge in [-0.1, -0.05) is 41.6 Å². The molecule has 3 rings (SSSR count). The van der Waals surface area contributed by atoms with Crippen LogP contribution in [0.5, 0.6) is 0 Å². The Labute approximate surface area is 179 Å². The minimum absolute atomic E-state index is 0.0857. The minimum atomic E-state index is -0.489. The molecule has 1 unspecified atom stereocenters. The first-order valence-corrected chi connectivity index (χ1v) is 10.4. The lowest BCUT2D eigenvalue weighted by Crippen LogP contribution is -2.27. The number of nitrogens with one attached hydrogen (secondary N) is 1. The van der Waals surface area contributed by atoms with Gasteiger partial charge in [0, 0.05) is 16.8 Å². The van der Waals surface area contributed by atoms with Gasteiger partial charge in [-0.2, -0.15) is 5.26 Å². The number of halogens is 1. The van der Waals surface area contributed by atoms with Gasteiger partial charge in [0.1, 0.15) is 5.82 Å². The van der Waals surface area contributed by atoms with Gasteiger partial charge in [0.2, 0.25) is 0 Å². The first-order chi connectivity index (χ1) is 14.3. The summed E-state index contributed by atoms with van der Waals surface area (Å²) in [6.45, 7) is 5.26. The number of thioether (sulfide) groups is 1. The van der Waals surface area contributed by atoms with Gasteiger partial charge in [-0.15, -0.1) is 0 Å². The van der Waals surface area contributed by atoms with Gasteiger partial charge in [0.15, 0.2) is 11.6 Å². The maximum atomic E-state index is 13.1. The van der Waals surface area contributed by atoms with Crippen molar-refractivity contribution >= 4 is 23.3 Å². The van der Waals surface area contributed by atoms with Crippen LogP contribution in [0.25, 0.3) is 0 Å². The number of hydrogen-bond donors (Lipinski definition) is 1. The van der Waals surface area contributed by atoms with E-state index >= 15 is 0 Å². The summed E-state index contributed by atoms with van der Waals surface area (Å²) in [5.74, 6) is -1.08. The molecule has 0 aromatic heterocycles. The largest absolute Gasteiger partial charge is 0.353 e. The molecule has 0 amide bonds. The fourth-order valence-corrected chi connectivity index (χ4v) is 4.52. The van der Waals surface area contributed by atoms with E-state index in [9.17, 15) is 19.2 Å². The highest BCUT2D eigenvalue weighted by molar-refractivity contribution is 8.03. The molecule has 1 atom stereocenters. The topological polar surface area (TPSA) is 70.0 Å². The van der Waals surface area contributed by atoms with E-state index < -0.39 is 11.7 Å². The van der Waals surface area contributed by atoms with Crippen LogP contribution in [-0.4, -0.2) is 17.3 Å². The highest BCUT2D eigenvalue weighted by atomic mass is 32.2. The second-order valence-corrected chi connectivity index (χ2v) is 8.13. The number of carbonyl (C=O) groups is 2. The molecule has 2 aromatic rings. The second kappa shape index (κ2) is 9.10. The Morgan fingerprint density at radius 1 is 1.17 bits per heavy atom. The zero-order valence-corrected chi connectivity index (χ0v) is 17.8. The quantitative estimate of drug-likeness (QED) is 0.664. The molecule has 30 heavy (non-hydrogen) atoms. The number of dihydropyridines is 1. The third kappa shape index (κ3) is 4.52. The number of carbonyl (C=O) groups excluding carboxylic acids is 2. The number of aryl methyl sites for hydroxylation is 1. The second-order valence-electron chi connectivity index (χ2n) is 7.14. The Hall–Kier alpha value is -3.17. The van der Waals surface area contributed by atoms with Crippen molar-refractivity contribution in [3.8, 4) is 6.07 Å². The Morgan fingerprint density at radius 3 is 2.47 bits per heavy atom. The highest BCUT2D eigenvalue weighted by Gasteiger charge is 2.33. The van der Waals surface area contributed by atoms with Gasteiger partial charge < -0.3 is 5.32 Å². The molecule has 0 spiro atoms. The third-order valence-electron chi connectivity index (χ3n) is 4.92. The van der Waals surface area contributed by atoms with Crippen LogP contribution in [-0.2, 0) is 4.79 Å². The number of nitriles is 1. The van der Waals surface area contributed by atoms with E-state index in [1.54, 1.807) is 6.92 Å². The molecular formula is C24H21FN2O2S. The van der Waals surface area contributed by atoms with E-state index in [1.165, 1.54) is 43.0 Å². The summed E-state index contributed by atoms with van der Waals surface area (Å²) < 4.78 is 13.1. The minimum Gasteiger partial charge on any atom is -0.353 e. The number of ketones is 2. The standard InChI is InChI=1S/C24H21FN2O2S/c1-14-5-4-6-18(11-14)23-20(12-26)24(27-15(2)22(23)16(3)28)30-13-21(29)17-7-9-19(25)10-8-17/h4-11,23,27H,13H2,1-3H3. The van der Waals surface area contributed by atoms with Crippen molar-refractivity contribution in [2.24, 2.45) is 0 Å². The molecule has 0 radical (unpaired) electrons. The first-order valence-electron chi connectivity index (χ1n) is 9.43. The SMILES string of the molecule is CC(=O)C1=C(C)NC(SCC(=O)c2ccc(F)cc2)=C(C#N)C1c1cccc(C)c1. The molecule has 6 heteroatoms. The summed E-state index contributed by atoms with van der Waals surface area (Å²) in [5, 5.41) is 13.6. The summed E-state index contributed by atoms with van der Waals surface area (Å²) in [5.41, 5.74) is 3.93. The van der Waals surface area contributed by atoms with E-state index in [-0.39, 0.29) is 17.3 Å². The average molecular weight is 421 g/mol. The number of nitrogens with zero attached hydrogens (tertiary/aromatic N) is 1. The Morgan fingerprint density at radius 2 is 1.87 bits per heavy atom. The van der Waals surface area contributed by atoms with Crippen LogP contribution in [0.2, 0.25) is 0 Å². The molecule has 152 valence electrons. The van der Waals surface area contributed by atoms with Crippen LogP contribution in [0.3, 0.4) is 0 Å². The third-order valence-corrected chi connectivity index (χ3v) is 5.93. The normalized spacial score (nSPS) is 16.2. The summed E-state index contributed by atoms with van der Waals surface area (Å²) in [7, 11) is 0. The maximum absolute atomic E-state index is 13.1. The summed E-state index contributed by atoms with van der Waals surface area (Å²) in [4.78, 5) is 24.9. The molecule has 1 aliphatic heterocycles. The van der Waals surface area contributed by atoms with Crippen LogP contribution in [0.15, 0.2) is 70.4 Å². The van der Waals surface area contributed by atoms with E-state index in [0.717, 1.165) is 11.1 Å². The van der Waals surface area contributed by atoms with Crippen molar-refractivity contribution in [3.63, 3.8) is 0 Å². The zero-order chi connectivity index (χ0) is 21.8. The molecule has 1 heterocycles. The Bertz CT molecular complexity index is 1110. The number of Topliss-reactive ketones (excluding diaryl/α,β-unsaturated/α-hetero) is 2. The lowest BCUT2D eigenvalue weighted by atomic mass is 9.80. The van der Waals surface area contributed by atoms with Crippen molar-refractivity contribution in [2.75, 3.05) is 5.75 Å². The van der Waals surface area contributed by atoms with Crippen molar-refractivity contribution < 1.29 is 14.0 Å². The molecule has 2 aromatic carbocycles. The van der Waals surface area contributed by atoms with Crippen molar-refractivity contribution in [1.82, 2.24) is 5.32 Å². The number of benzene rings is 2. The summed E-state index contributed by atoms with van der Waals surface area (Å²) >= 11 is 1.21. The van der Waals surface area contributed by atoms with Crippen LogP contribution in [0.1, 0.15) is 41.3 Å². The predicted molar refractivity (Wildman–Crippen MR) is 116 cm³/mol. The van der Waals surface area contributed by atoms with Gasteiger partial charge in [0.25, 0.3) is 0 Å². The fourth-order valence-electron chi connectivity index (χ4n) is 3.53. The molecule has 0 saturated carbocycles. The van der Waals surface area contributed by atoms with E-state index in [2.05, 4.69) is 11.4 Å². The number of hydrogen-bond acceptors (Lipinski definition) is 5. The monoisotopic (exact) mass is 420 g/mol. The van der Waals surface area contributed by atoms with E-state index in [1.807, 2.05) is 31.2 Å². The van der Waals surface area contributed by atoms with Crippen LogP contribution in [0, 0.1) is 24.1 Å². The lowest BCUT2D eigenvalue weighted by Gasteiger charge is -2.29. The van der Waals surface area contributed by atoms with Crippen molar-refractivity contribution in [3.05, 3.63) is 92.9 Å². The Balaban J connectivity index is 1.95. The van der Waals surface area contributed by atoms with Gasteiger partial charge >= 0.3 is 0 Å². The van der Waals surface area contributed by atoms with E-state index in [4.69, 9.17) is 0 Å². The Kier molecular flexibility index (Phi) is 6.53. The molecule has 1 N–H and O–H groups in total. The number of rotatable bonds is 6. The van der Waals surface area contributed by atoms with Gasteiger partial charge in [-0.3, -0.25) is 9.59 Å². The van der Waals surface area contributed by atoms with Gasteiger partial charge in [0.05, 0.1) is 28.3 Å². The van der Waals surface area contributed by atoms with Crippen LogP contribution < -0.4 is 5.32 Å². The van der Waals surface area contributed by atoms with Gasteiger partial charge in [-0.25, -0.2) is 4.39 Å². The lowest BCUT2D eigenvalue weighted by molar-refractivity contribution is -0.113. The summed E-state index contributed by atoms with van der Waals surface area (Å²) in [6, 6.07) is 15.4. The molecular weight excluding hydrogens is 399 g/mol. The maximum Gasteiger partial charge on any atom is 0.173 e. The highest BCUT2D eigenvalue weighted by Crippen LogP contribution is 2.41. The molecule has 4 nitrogen and oxygen atoms in total. The van der Waals surface area contributed by atoms with E-state index in [0.29, 0.717) is 27.4 Å². The number of allylic oxidation sites excluding steroid dienone is 3. The van der Waals surface area contributed by atoms with Crippen molar-refractivity contribution in [1.29, 1.82) is 5.26 Å². The molecule has 1 aliphatic rings. The molecule has 0 fully saturated rings. The van der Waals surface area contributed by atoms with Crippen molar-refractivity contribution in [2.45, 2.75) is 26.7 Å². The zero-order valence-electron chi connectivity index (χ0n) is 17.0. The van der Waals surface area contributed by atoms with Gasteiger partial charge in [-0.05, 0) is 50.6 Å². The smallest absolute Gasteiger partial charge is 0.173 e.